The Kier molecular flexibility index (Phi) is 3.71. The molecule has 0 saturated heterocycles. The summed E-state index contributed by atoms with van der Waals surface area (Å²) in [5, 5.41) is 0. The van der Waals surface area contributed by atoms with Gasteiger partial charge in [-0.25, -0.2) is 4.79 Å². The Bertz CT molecular complexity index is 358. The minimum Gasteiger partial charge on any atom is -0.461 e. The molecule has 1 heterocycles. The van der Waals surface area contributed by atoms with Crippen LogP contribution in [0.15, 0.2) is 6.07 Å². The first-order valence-corrected chi connectivity index (χ1v) is 4.97. The van der Waals surface area contributed by atoms with E-state index in [1.54, 1.807) is 29.4 Å². The lowest BCUT2D eigenvalue weighted by Gasteiger charge is -1.99. The summed E-state index contributed by atoms with van der Waals surface area (Å²) >= 11 is 0. The Labute approximate surface area is 89.2 Å². The van der Waals surface area contributed by atoms with E-state index in [0.717, 1.165) is 0 Å². The summed E-state index contributed by atoms with van der Waals surface area (Å²) in [7, 11) is 3.61. The third-order valence-corrected chi connectivity index (χ3v) is 2.15. The molecule has 0 amide bonds. The molecule has 15 heavy (non-hydrogen) atoms. The molecule has 5 nitrogen and oxygen atoms in total. The predicted octanol–water partition coefficient (Wildman–Crippen LogP) is 0.425. The summed E-state index contributed by atoms with van der Waals surface area (Å²) in [4.78, 5) is 11.5. The third kappa shape index (κ3) is 2.29. The van der Waals surface area contributed by atoms with Crippen molar-refractivity contribution in [2.75, 3.05) is 13.2 Å². The number of rotatable bonds is 4. The van der Waals surface area contributed by atoms with Crippen LogP contribution in [0.2, 0.25) is 0 Å². The maximum atomic E-state index is 11.5. The molecule has 1 aromatic heterocycles. The van der Waals surface area contributed by atoms with Crippen LogP contribution in [0.1, 0.15) is 24.3 Å². The highest BCUT2D eigenvalue weighted by Gasteiger charge is 2.23. The van der Waals surface area contributed by atoms with E-state index in [1.165, 1.54) is 0 Å². The average Bonchev–Trinajstić information content (AvgIpc) is 2.47. The number of hydrogen-bond acceptors (Lipinski definition) is 3. The van der Waals surface area contributed by atoms with E-state index < -0.39 is 0 Å². The topological polar surface area (TPSA) is 44.3 Å². The van der Waals surface area contributed by atoms with Crippen molar-refractivity contribution in [2.45, 2.75) is 13.8 Å². The molecule has 0 N–H and O–H groups in total. The summed E-state index contributed by atoms with van der Waals surface area (Å²) in [6.07, 6.45) is 0. The number of carbonyl (C=O) groups excluding carboxylic acids is 1. The van der Waals surface area contributed by atoms with Gasteiger partial charge in [0.05, 0.1) is 26.3 Å². The Morgan fingerprint density at radius 3 is 2.67 bits per heavy atom. The molecule has 0 saturated carbocycles. The van der Waals surface area contributed by atoms with E-state index in [1.807, 2.05) is 14.0 Å². The van der Waals surface area contributed by atoms with Gasteiger partial charge in [-0.05, 0) is 13.8 Å². The normalized spacial score (nSPS) is 10.1. The first-order valence-electron chi connectivity index (χ1n) is 4.97. The van der Waals surface area contributed by atoms with Crippen molar-refractivity contribution in [1.29, 1.82) is 0 Å². The van der Waals surface area contributed by atoms with Gasteiger partial charge in [0, 0.05) is 0 Å². The van der Waals surface area contributed by atoms with Gasteiger partial charge in [-0.3, -0.25) is 0 Å². The van der Waals surface area contributed by atoms with Crippen molar-refractivity contribution in [3.63, 3.8) is 0 Å². The fourth-order valence-corrected chi connectivity index (χ4v) is 1.29. The highest BCUT2D eigenvalue weighted by molar-refractivity contribution is 5.87. The monoisotopic (exact) mass is 213 g/mol. The molecule has 0 aliphatic heterocycles. The van der Waals surface area contributed by atoms with Crippen molar-refractivity contribution >= 4 is 5.97 Å². The highest BCUT2D eigenvalue weighted by Crippen LogP contribution is 2.09. The van der Waals surface area contributed by atoms with Crippen LogP contribution in [0.5, 0.6) is 5.88 Å². The van der Waals surface area contributed by atoms with Gasteiger partial charge in [0.2, 0.25) is 0 Å². The molecular formula is C10H17N2O3+. The summed E-state index contributed by atoms with van der Waals surface area (Å²) in [5.41, 5.74) is 0.489. The van der Waals surface area contributed by atoms with E-state index in [0.29, 0.717) is 24.8 Å². The molecule has 0 fully saturated rings. The second-order valence-electron chi connectivity index (χ2n) is 3.07. The first-order chi connectivity index (χ1) is 7.11. The van der Waals surface area contributed by atoms with Crippen LogP contribution in [0.3, 0.4) is 0 Å². The molecule has 0 spiro atoms. The zero-order valence-electron chi connectivity index (χ0n) is 9.61. The SMILES string of the molecule is CCOC(=O)c1cc(OCC)[n+](C)n1C. The van der Waals surface area contributed by atoms with Crippen molar-refractivity contribution in [2.24, 2.45) is 14.1 Å². The van der Waals surface area contributed by atoms with E-state index >= 15 is 0 Å². The van der Waals surface area contributed by atoms with Gasteiger partial charge < -0.3 is 9.47 Å². The van der Waals surface area contributed by atoms with Crippen LogP contribution in [0, 0.1) is 0 Å². The maximum absolute atomic E-state index is 11.5. The fraction of sp³-hybridized carbons (Fsp3) is 0.600. The Balaban J connectivity index is 2.99. The molecule has 0 unspecified atom stereocenters. The van der Waals surface area contributed by atoms with Crippen molar-refractivity contribution in [3.05, 3.63) is 11.8 Å². The van der Waals surface area contributed by atoms with Gasteiger partial charge in [0.25, 0.3) is 0 Å². The lowest BCUT2D eigenvalue weighted by molar-refractivity contribution is -0.755. The zero-order chi connectivity index (χ0) is 11.4. The maximum Gasteiger partial charge on any atom is 0.393 e. The number of hydrogen-bond donors (Lipinski definition) is 0. The van der Waals surface area contributed by atoms with Gasteiger partial charge in [-0.15, -0.1) is 4.68 Å². The molecular weight excluding hydrogens is 196 g/mol. The highest BCUT2D eigenvalue weighted by atomic mass is 16.5. The van der Waals surface area contributed by atoms with E-state index in [9.17, 15) is 4.79 Å². The molecule has 5 heteroatoms. The summed E-state index contributed by atoms with van der Waals surface area (Å²) in [5.74, 6) is 0.324. The molecule has 0 radical (unpaired) electrons. The van der Waals surface area contributed by atoms with Crippen molar-refractivity contribution in [1.82, 2.24) is 4.68 Å². The molecule has 0 bridgehead atoms. The van der Waals surface area contributed by atoms with E-state index in [2.05, 4.69) is 0 Å². The standard InChI is InChI=1S/C10H17N2O3/c1-5-14-9-7-8(10(13)15-6-2)11(3)12(9)4/h7H,5-6H2,1-4H3/q+1. The number of esters is 1. The summed E-state index contributed by atoms with van der Waals surface area (Å²) in [6, 6.07) is 1.68. The summed E-state index contributed by atoms with van der Waals surface area (Å²) < 4.78 is 13.7. The van der Waals surface area contributed by atoms with Crippen LogP contribution >= 0.6 is 0 Å². The Hall–Kier alpha value is -1.52. The largest absolute Gasteiger partial charge is 0.461 e. The smallest absolute Gasteiger partial charge is 0.393 e. The quantitative estimate of drug-likeness (QED) is 0.538. The van der Waals surface area contributed by atoms with Gasteiger partial charge in [0.15, 0.2) is 12.7 Å². The molecule has 84 valence electrons. The van der Waals surface area contributed by atoms with Crippen LogP contribution in [-0.2, 0) is 18.8 Å². The minimum absolute atomic E-state index is 0.332. The number of aromatic nitrogens is 2. The van der Waals surface area contributed by atoms with E-state index in [4.69, 9.17) is 9.47 Å². The zero-order valence-corrected chi connectivity index (χ0v) is 9.61. The number of carbonyl (C=O) groups is 1. The Morgan fingerprint density at radius 2 is 2.13 bits per heavy atom. The van der Waals surface area contributed by atoms with Crippen LogP contribution in [0.4, 0.5) is 0 Å². The lowest BCUT2D eigenvalue weighted by atomic mass is 10.4. The van der Waals surface area contributed by atoms with Crippen LogP contribution < -0.4 is 9.42 Å². The van der Waals surface area contributed by atoms with E-state index in [-0.39, 0.29) is 5.97 Å². The second kappa shape index (κ2) is 4.82. The van der Waals surface area contributed by atoms with Gasteiger partial charge in [0.1, 0.15) is 0 Å². The molecule has 0 aromatic carbocycles. The Morgan fingerprint density at radius 1 is 1.47 bits per heavy atom. The molecule has 0 aliphatic carbocycles. The average molecular weight is 213 g/mol. The molecule has 1 rings (SSSR count). The predicted molar refractivity (Wildman–Crippen MR) is 53.7 cm³/mol. The second-order valence-corrected chi connectivity index (χ2v) is 3.07. The van der Waals surface area contributed by atoms with Crippen molar-refractivity contribution in [3.8, 4) is 5.88 Å². The first kappa shape index (κ1) is 11.6. The summed E-state index contributed by atoms with van der Waals surface area (Å²) in [6.45, 7) is 4.62. The van der Waals surface area contributed by atoms with Gasteiger partial charge >= 0.3 is 11.8 Å². The minimum atomic E-state index is -0.332. The van der Waals surface area contributed by atoms with Gasteiger partial charge in [-0.2, -0.15) is 0 Å². The van der Waals surface area contributed by atoms with Crippen LogP contribution in [-0.4, -0.2) is 23.9 Å². The third-order valence-electron chi connectivity index (χ3n) is 2.15. The number of ether oxygens (including phenoxy) is 2. The number of nitrogens with zero attached hydrogens (tertiary/aromatic N) is 2. The van der Waals surface area contributed by atoms with Crippen molar-refractivity contribution < 1.29 is 19.0 Å². The van der Waals surface area contributed by atoms with Crippen LogP contribution in [0.25, 0.3) is 0 Å². The fourth-order valence-electron chi connectivity index (χ4n) is 1.29. The molecule has 1 aromatic rings. The molecule has 0 aliphatic rings. The lowest BCUT2D eigenvalue weighted by Crippen LogP contribution is -2.39. The van der Waals surface area contributed by atoms with Gasteiger partial charge in [-0.1, -0.05) is 4.68 Å². The molecule has 0 atom stereocenters.